The average molecular weight is 260 g/mol. The molecule has 0 amide bonds. The maximum absolute atomic E-state index is 10.8. The molecule has 11 heavy (non-hydrogen) atoms. The monoisotopic (exact) mass is 260 g/mol. The van der Waals surface area contributed by atoms with Crippen LogP contribution in [0.4, 0.5) is 0 Å². The van der Waals surface area contributed by atoms with E-state index < -0.39 is 0 Å². The summed E-state index contributed by atoms with van der Waals surface area (Å²) in [5.41, 5.74) is 1.00. The minimum atomic E-state index is -0.149. The molecule has 0 saturated heterocycles. The van der Waals surface area contributed by atoms with Crippen molar-refractivity contribution in [3.05, 3.63) is 27.3 Å². The summed E-state index contributed by atoms with van der Waals surface area (Å²) in [6, 6.07) is 5.78. The first-order chi connectivity index (χ1) is 5.27. The highest BCUT2D eigenvalue weighted by Gasteiger charge is 2.21. The van der Waals surface area contributed by atoms with E-state index in [2.05, 4.69) is 22.6 Å². The van der Waals surface area contributed by atoms with Gasteiger partial charge in [0.2, 0.25) is 0 Å². The Morgan fingerprint density at radius 2 is 2.27 bits per heavy atom. The fourth-order valence-electron chi connectivity index (χ4n) is 1.11. The summed E-state index contributed by atoms with van der Waals surface area (Å²) in [7, 11) is 0. The number of fused-ring (bicyclic) bond motifs is 1. The lowest BCUT2D eigenvalue weighted by Gasteiger charge is -1.97. The Morgan fingerprint density at radius 3 is 3.00 bits per heavy atom. The van der Waals surface area contributed by atoms with E-state index in [9.17, 15) is 4.79 Å². The maximum atomic E-state index is 10.8. The predicted octanol–water partition coefficient (Wildman–Crippen LogP) is 1.75. The molecule has 0 saturated carbocycles. The van der Waals surface area contributed by atoms with Crippen LogP contribution in [0.2, 0.25) is 0 Å². The molecule has 1 aromatic rings. The third kappa shape index (κ3) is 1.13. The third-order valence-corrected chi connectivity index (χ3v) is 2.45. The topological polar surface area (TPSA) is 26.3 Å². The third-order valence-electron chi connectivity index (χ3n) is 1.60. The van der Waals surface area contributed by atoms with Gasteiger partial charge in [-0.25, -0.2) is 0 Å². The maximum Gasteiger partial charge on any atom is 0.315 e. The van der Waals surface area contributed by atoms with Crippen molar-refractivity contribution in [1.29, 1.82) is 0 Å². The molecule has 0 aliphatic carbocycles. The molecular formula is C8H5IO2. The second-order valence-electron chi connectivity index (χ2n) is 2.38. The van der Waals surface area contributed by atoms with Crippen molar-refractivity contribution < 1.29 is 9.53 Å². The van der Waals surface area contributed by atoms with Crippen molar-refractivity contribution in [3.63, 3.8) is 0 Å². The second-order valence-corrected chi connectivity index (χ2v) is 3.54. The van der Waals surface area contributed by atoms with E-state index in [1.165, 1.54) is 0 Å². The Hall–Kier alpha value is -0.580. The lowest BCUT2D eigenvalue weighted by molar-refractivity contribution is -0.131. The van der Waals surface area contributed by atoms with E-state index in [0.29, 0.717) is 6.42 Å². The second kappa shape index (κ2) is 2.48. The van der Waals surface area contributed by atoms with Gasteiger partial charge in [0.15, 0.2) is 0 Å². The van der Waals surface area contributed by atoms with E-state index in [1.54, 1.807) is 0 Å². The van der Waals surface area contributed by atoms with Crippen molar-refractivity contribution in [3.8, 4) is 5.75 Å². The summed E-state index contributed by atoms with van der Waals surface area (Å²) >= 11 is 2.16. The van der Waals surface area contributed by atoms with Crippen LogP contribution in [-0.4, -0.2) is 5.97 Å². The van der Waals surface area contributed by atoms with Crippen molar-refractivity contribution in [2.24, 2.45) is 0 Å². The summed E-state index contributed by atoms with van der Waals surface area (Å²) in [6.07, 6.45) is 0.423. The summed E-state index contributed by atoms with van der Waals surface area (Å²) in [5.74, 6) is 0.599. The fourth-order valence-corrected chi connectivity index (χ4v) is 1.78. The minimum absolute atomic E-state index is 0.149. The molecule has 3 heteroatoms. The van der Waals surface area contributed by atoms with E-state index >= 15 is 0 Å². The van der Waals surface area contributed by atoms with Crippen molar-refractivity contribution in [1.82, 2.24) is 0 Å². The van der Waals surface area contributed by atoms with Gasteiger partial charge in [0, 0.05) is 5.56 Å². The van der Waals surface area contributed by atoms with Gasteiger partial charge in [0.05, 0.1) is 9.99 Å². The SMILES string of the molecule is O=C1Cc2cccc(I)c2O1. The Balaban J connectivity index is 2.57. The number of rotatable bonds is 0. The van der Waals surface area contributed by atoms with Crippen LogP contribution in [0.25, 0.3) is 0 Å². The quantitative estimate of drug-likeness (QED) is 0.403. The molecule has 2 nitrogen and oxygen atoms in total. The highest BCUT2D eigenvalue weighted by molar-refractivity contribution is 14.1. The van der Waals surface area contributed by atoms with Crippen molar-refractivity contribution in [2.75, 3.05) is 0 Å². The molecule has 0 N–H and O–H groups in total. The average Bonchev–Trinajstić information content (AvgIpc) is 2.31. The van der Waals surface area contributed by atoms with E-state index in [4.69, 9.17) is 4.74 Å². The number of halogens is 1. The van der Waals surface area contributed by atoms with Crippen LogP contribution in [0.5, 0.6) is 5.75 Å². The van der Waals surface area contributed by atoms with Gasteiger partial charge in [-0.2, -0.15) is 0 Å². The summed E-state index contributed by atoms with van der Waals surface area (Å²) in [5, 5.41) is 0. The first-order valence-corrected chi connectivity index (χ1v) is 4.33. The van der Waals surface area contributed by atoms with Crippen LogP contribution in [0.15, 0.2) is 18.2 Å². The molecule has 56 valence electrons. The molecule has 1 aliphatic rings. The van der Waals surface area contributed by atoms with E-state index in [1.807, 2.05) is 18.2 Å². The van der Waals surface area contributed by atoms with Gasteiger partial charge in [-0.3, -0.25) is 4.79 Å². The summed E-state index contributed by atoms with van der Waals surface area (Å²) in [6.45, 7) is 0. The smallest absolute Gasteiger partial charge is 0.315 e. The van der Waals surface area contributed by atoms with Gasteiger partial charge < -0.3 is 4.74 Å². The number of ether oxygens (including phenoxy) is 1. The first-order valence-electron chi connectivity index (χ1n) is 3.25. The number of carbonyl (C=O) groups excluding carboxylic acids is 1. The van der Waals surface area contributed by atoms with E-state index in [-0.39, 0.29) is 5.97 Å². The Morgan fingerprint density at radius 1 is 1.45 bits per heavy atom. The summed E-state index contributed by atoms with van der Waals surface area (Å²) < 4.78 is 6.00. The molecule has 1 heterocycles. The zero-order valence-corrected chi connectivity index (χ0v) is 7.79. The standard InChI is InChI=1S/C8H5IO2/c9-6-3-1-2-5-4-7(10)11-8(5)6/h1-3H,4H2. The van der Waals surface area contributed by atoms with Gasteiger partial charge in [0.1, 0.15) is 5.75 Å². The van der Waals surface area contributed by atoms with Crippen molar-refractivity contribution in [2.45, 2.75) is 6.42 Å². The first kappa shape index (κ1) is 7.09. The molecule has 0 aromatic heterocycles. The van der Waals surface area contributed by atoms with Gasteiger partial charge in [-0.1, -0.05) is 12.1 Å². The number of benzene rings is 1. The normalized spacial score (nSPS) is 14.5. The molecular weight excluding hydrogens is 255 g/mol. The zero-order chi connectivity index (χ0) is 7.84. The summed E-state index contributed by atoms with van der Waals surface area (Å²) in [4.78, 5) is 10.8. The number of para-hydroxylation sites is 1. The number of esters is 1. The zero-order valence-electron chi connectivity index (χ0n) is 5.63. The molecule has 0 atom stereocenters. The van der Waals surface area contributed by atoms with E-state index in [0.717, 1.165) is 14.9 Å². The number of carbonyl (C=O) groups is 1. The molecule has 0 bridgehead atoms. The van der Waals surface area contributed by atoms with Crippen molar-refractivity contribution >= 4 is 28.6 Å². The lowest BCUT2D eigenvalue weighted by atomic mass is 10.2. The van der Waals surface area contributed by atoms with Crippen LogP contribution >= 0.6 is 22.6 Å². The molecule has 1 aliphatic heterocycles. The molecule has 0 fully saturated rings. The molecule has 1 aromatic carbocycles. The largest absolute Gasteiger partial charge is 0.425 e. The van der Waals surface area contributed by atoms with Gasteiger partial charge in [-0.05, 0) is 28.7 Å². The van der Waals surface area contributed by atoms with Crippen LogP contribution in [-0.2, 0) is 11.2 Å². The number of hydrogen-bond donors (Lipinski definition) is 0. The fraction of sp³-hybridized carbons (Fsp3) is 0.125. The van der Waals surface area contributed by atoms with Crippen LogP contribution in [0, 0.1) is 3.57 Å². The molecule has 0 unspecified atom stereocenters. The Labute approximate surface area is 77.7 Å². The molecule has 2 rings (SSSR count). The molecule has 0 spiro atoms. The van der Waals surface area contributed by atoms with Gasteiger partial charge in [-0.15, -0.1) is 0 Å². The highest BCUT2D eigenvalue weighted by atomic mass is 127. The van der Waals surface area contributed by atoms with Crippen LogP contribution in [0.1, 0.15) is 5.56 Å². The highest BCUT2D eigenvalue weighted by Crippen LogP contribution is 2.30. The lowest BCUT2D eigenvalue weighted by Crippen LogP contribution is -2.00. The Kier molecular flexibility index (Phi) is 1.60. The minimum Gasteiger partial charge on any atom is -0.425 e. The van der Waals surface area contributed by atoms with Crippen LogP contribution in [0.3, 0.4) is 0 Å². The molecule has 0 radical (unpaired) electrons. The van der Waals surface area contributed by atoms with Gasteiger partial charge in [0.25, 0.3) is 0 Å². The van der Waals surface area contributed by atoms with Gasteiger partial charge >= 0.3 is 5.97 Å². The number of hydrogen-bond acceptors (Lipinski definition) is 2. The Bertz CT molecular complexity index is 320. The van der Waals surface area contributed by atoms with Crippen LogP contribution < -0.4 is 4.74 Å². The predicted molar refractivity (Wildman–Crippen MR) is 48.5 cm³/mol.